The minimum atomic E-state index is -2.80. The van der Waals surface area contributed by atoms with Crippen LogP contribution in [-0.4, -0.2) is 72.2 Å². The Bertz CT molecular complexity index is 1410. The standard InChI is InChI=1S/C23H20BrF2N7O2/c1-30-13-16(24)19(29-30)23(35)32-9-7-31(8-10-32)22(34)15-12-27-33-18(20(25)26)11-17(28-21(15)33)14-5-3-2-4-6-14/h2-6,11-13,20H,7-10H2,1H3. The van der Waals surface area contributed by atoms with Gasteiger partial charge in [0, 0.05) is 45.0 Å². The van der Waals surface area contributed by atoms with Crippen LogP contribution in [0.5, 0.6) is 0 Å². The van der Waals surface area contributed by atoms with Crippen molar-refractivity contribution in [2.45, 2.75) is 6.43 Å². The number of carbonyl (C=O) groups excluding carboxylic acids is 2. The van der Waals surface area contributed by atoms with Crippen molar-refractivity contribution in [1.29, 1.82) is 0 Å². The van der Waals surface area contributed by atoms with Crippen molar-refractivity contribution >= 4 is 33.4 Å². The number of amides is 2. The van der Waals surface area contributed by atoms with Crippen molar-refractivity contribution in [1.82, 2.24) is 34.2 Å². The fourth-order valence-corrected chi connectivity index (χ4v) is 4.63. The Morgan fingerprint density at radius 3 is 2.29 bits per heavy atom. The van der Waals surface area contributed by atoms with Gasteiger partial charge in [-0.3, -0.25) is 14.3 Å². The first-order valence-corrected chi connectivity index (χ1v) is 11.6. The zero-order chi connectivity index (χ0) is 24.7. The van der Waals surface area contributed by atoms with Crippen molar-refractivity contribution in [3.05, 3.63) is 70.2 Å². The fraction of sp³-hybridized carbons (Fsp3) is 0.261. The average molecular weight is 544 g/mol. The number of piperazine rings is 1. The summed E-state index contributed by atoms with van der Waals surface area (Å²) < 4.78 is 30.8. The summed E-state index contributed by atoms with van der Waals surface area (Å²) in [7, 11) is 1.73. The third-order valence-corrected chi connectivity index (χ3v) is 6.44. The average Bonchev–Trinajstić information content (AvgIpc) is 3.45. The number of carbonyl (C=O) groups is 2. The van der Waals surface area contributed by atoms with E-state index >= 15 is 0 Å². The molecule has 180 valence electrons. The second-order valence-corrected chi connectivity index (χ2v) is 8.96. The van der Waals surface area contributed by atoms with Crippen molar-refractivity contribution in [2.75, 3.05) is 26.2 Å². The Kier molecular flexibility index (Phi) is 6.05. The Balaban J connectivity index is 1.40. The maximum absolute atomic E-state index is 13.8. The maximum Gasteiger partial charge on any atom is 0.280 e. The second-order valence-electron chi connectivity index (χ2n) is 8.11. The van der Waals surface area contributed by atoms with Gasteiger partial charge in [-0.2, -0.15) is 10.2 Å². The van der Waals surface area contributed by atoms with Crippen molar-refractivity contribution in [3.8, 4) is 11.3 Å². The third-order valence-electron chi connectivity index (χ3n) is 5.86. The number of hydrogen-bond donors (Lipinski definition) is 0. The summed E-state index contributed by atoms with van der Waals surface area (Å²) in [5, 5.41) is 8.22. The van der Waals surface area contributed by atoms with Gasteiger partial charge < -0.3 is 9.80 Å². The van der Waals surface area contributed by atoms with Gasteiger partial charge in [-0.25, -0.2) is 18.3 Å². The van der Waals surface area contributed by atoms with Crippen LogP contribution in [0.3, 0.4) is 0 Å². The fourth-order valence-electron chi connectivity index (χ4n) is 4.09. The zero-order valence-corrected chi connectivity index (χ0v) is 20.2. The molecular weight excluding hydrogens is 524 g/mol. The smallest absolute Gasteiger partial charge is 0.280 e. The Morgan fingerprint density at radius 2 is 1.69 bits per heavy atom. The SMILES string of the molecule is Cn1cc(Br)c(C(=O)N2CCN(C(=O)c3cnn4c(C(F)F)cc(-c5ccccc5)nc34)CC2)n1. The van der Waals surface area contributed by atoms with Gasteiger partial charge in [0.05, 0.1) is 16.4 Å². The molecule has 4 aromatic rings. The van der Waals surface area contributed by atoms with E-state index in [4.69, 9.17) is 0 Å². The Labute approximate surface area is 207 Å². The van der Waals surface area contributed by atoms with Crippen LogP contribution >= 0.6 is 15.9 Å². The number of fused-ring (bicyclic) bond motifs is 1. The van der Waals surface area contributed by atoms with Crippen molar-refractivity contribution < 1.29 is 18.4 Å². The highest BCUT2D eigenvalue weighted by molar-refractivity contribution is 9.10. The number of benzene rings is 1. The minimum absolute atomic E-state index is 0.0718. The van der Waals surface area contributed by atoms with Gasteiger partial charge in [-0.1, -0.05) is 30.3 Å². The zero-order valence-electron chi connectivity index (χ0n) is 18.6. The van der Waals surface area contributed by atoms with Crippen LogP contribution < -0.4 is 0 Å². The first kappa shape index (κ1) is 23.1. The first-order chi connectivity index (χ1) is 16.8. The van der Waals surface area contributed by atoms with E-state index in [0.29, 0.717) is 34.5 Å². The molecule has 0 aliphatic carbocycles. The van der Waals surface area contributed by atoms with Gasteiger partial charge in [-0.05, 0) is 22.0 Å². The van der Waals surface area contributed by atoms with E-state index in [1.54, 1.807) is 52.0 Å². The molecule has 3 aromatic heterocycles. The van der Waals surface area contributed by atoms with Crippen molar-refractivity contribution in [2.24, 2.45) is 7.05 Å². The second kappa shape index (κ2) is 9.17. The number of aryl methyl sites for hydroxylation is 1. The minimum Gasteiger partial charge on any atom is -0.335 e. The van der Waals surface area contributed by atoms with E-state index in [1.807, 2.05) is 6.07 Å². The molecule has 1 aliphatic heterocycles. The number of aromatic nitrogens is 5. The van der Waals surface area contributed by atoms with Crippen LogP contribution in [-0.2, 0) is 7.05 Å². The molecule has 0 radical (unpaired) electrons. The lowest BCUT2D eigenvalue weighted by molar-refractivity contribution is 0.0532. The molecule has 35 heavy (non-hydrogen) atoms. The van der Waals surface area contributed by atoms with E-state index < -0.39 is 6.43 Å². The summed E-state index contributed by atoms with van der Waals surface area (Å²) >= 11 is 3.34. The number of nitrogens with zero attached hydrogens (tertiary/aromatic N) is 7. The van der Waals surface area contributed by atoms with Gasteiger partial charge in [-0.15, -0.1) is 0 Å². The molecule has 0 unspecified atom stereocenters. The predicted octanol–water partition coefficient (Wildman–Crippen LogP) is 3.43. The molecule has 0 bridgehead atoms. The summed E-state index contributed by atoms with van der Waals surface area (Å²) in [6, 6.07) is 10.2. The van der Waals surface area contributed by atoms with Crippen LogP contribution in [0.1, 0.15) is 33.0 Å². The third kappa shape index (κ3) is 4.29. The molecule has 0 N–H and O–H groups in total. The number of rotatable bonds is 4. The largest absolute Gasteiger partial charge is 0.335 e. The number of halogens is 3. The molecular formula is C23H20BrF2N7O2. The van der Waals surface area contributed by atoms with E-state index in [9.17, 15) is 18.4 Å². The van der Waals surface area contributed by atoms with Crippen molar-refractivity contribution in [3.63, 3.8) is 0 Å². The lowest BCUT2D eigenvalue weighted by Crippen LogP contribution is -2.50. The van der Waals surface area contributed by atoms with E-state index in [1.165, 1.54) is 12.3 Å². The van der Waals surface area contributed by atoms with Crippen LogP contribution in [0.2, 0.25) is 0 Å². The van der Waals surface area contributed by atoms with Gasteiger partial charge in [0.25, 0.3) is 18.2 Å². The normalized spacial score (nSPS) is 14.2. The molecule has 0 spiro atoms. The predicted molar refractivity (Wildman–Crippen MR) is 126 cm³/mol. The molecule has 12 heteroatoms. The monoisotopic (exact) mass is 543 g/mol. The molecule has 5 rings (SSSR count). The summed E-state index contributed by atoms with van der Waals surface area (Å²) in [6.07, 6.45) is 0.169. The molecule has 1 saturated heterocycles. The molecule has 0 saturated carbocycles. The highest BCUT2D eigenvalue weighted by Crippen LogP contribution is 2.27. The van der Waals surface area contributed by atoms with E-state index in [-0.39, 0.29) is 41.8 Å². The molecule has 1 fully saturated rings. The van der Waals surface area contributed by atoms with Crippen LogP contribution in [0, 0.1) is 0 Å². The Hall–Kier alpha value is -3.67. The summed E-state index contributed by atoms with van der Waals surface area (Å²) in [5.74, 6) is -0.597. The quantitative estimate of drug-likeness (QED) is 0.393. The highest BCUT2D eigenvalue weighted by atomic mass is 79.9. The van der Waals surface area contributed by atoms with E-state index in [0.717, 1.165) is 4.52 Å². The van der Waals surface area contributed by atoms with Crippen LogP contribution in [0.4, 0.5) is 8.78 Å². The van der Waals surface area contributed by atoms with E-state index in [2.05, 4.69) is 31.1 Å². The lowest BCUT2D eigenvalue weighted by Gasteiger charge is -2.34. The summed E-state index contributed by atoms with van der Waals surface area (Å²) in [5.41, 5.74) is 1.17. The first-order valence-electron chi connectivity index (χ1n) is 10.8. The Morgan fingerprint density at radius 1 is 1.03 bits per heavy atom. The molecule has 1 aliphatic rings. The summed E-state index contributed by atoms with van der Waals surface area (Å²) in [6.45, 7) is 1.20. The molecule has 2 amide bonds. The molecule has 1 aromatic carbocycles. The van der Waals surface area contributed by atoms with Gasteiger partial charge in [0.2, 0.25) is 0 Å². The molecule has 4 heterocycles. The van der Waals surface area contributed by atoms with Gasteiger partial charge in [0.1, 0.15) is 11.3 Å². The van der Waals surface area contributed by atoms with Crippen LogP contribution in [0.15, 0.2) is 53.3 Å². The summed E-state index contributed by atoms with van der Waals surface area (Å²) in [4.78, 5) is 33.8. The highest BCUT2D eigenvalue weighted by Gasteiger charge is 2.30. The van der Waals surface area contributed by atoms with Gasteiger partial charge >= 0.3 is 0 Å². The molecule has 9 nitrogen and oxygen atoms in total. The van der Waals surface area contributed by atoms with Crippen LogP contribution in [0.25, 0.3) is 16.9 Å². The number of alkyl halides is 2. The molecule has 0 atom stereocenters. The topological polar surface area (TPSA) is 88.6 Å². The van der Waals surface area contributed by atoms with Gasteiger partial charge in [0.15, 0.2) is 11.3 Å². The maximum atomic E-state index is 13.8. The lowest BCUT2D eigenvalue weighted by atomic mass is 10.1. The number of hydrogen-bond acceptors (Lipinski definition) is 5.